The van der Waals surface area contributed by atoms with E-state index >= 15 is 0 Å². The van der Waals surface area contributed by atoms with Crippen molar-refractivity contribution in [2.24, 2.45) is 0 Å². The third-order valence-corrected chi connectivity index (χ3v) is 4.27. The van der Waals surface area contributed by atoms with Crippen molar-refractivity contribution in [2.75, 3.05) is 0 Å². The highest BCUT2D eigenvalue weighted by atomic mass is 35.5. The smallest absolute Gasteiger partial charge is 0.258 e. The summed E-state index contributed by atoms with van der Waals surface area (Å²) in [6.07, 6.45) is 4.48. The molecule has 1 unspecified atom stereocenters. The second-order valence-electron chi connectivity index (χ2n) is 5.71. The Hall–Kier alpha value is -3.26. The Labute approximate surface area is 151 Å². The molecular weight excluding hydrogens is 356 g/mol. The average Bonchev–Trinajstić information content (AvgIpc) is 3.11. The molecular formula is C17H13ClN6O2. The first-order chi connectivity index (χ1) is 12.5. The third-order valence-electron chi connectivity index (χ3n) is 4.04. The summed E-state index contributed by atoms with van der Waals surface area (Å²) >= 11 is 5.83. The molecule has 0 saturated heterocycles. The lowest BCUT2D eigenvalue weighted by molar-refractivity contribution is 0.405. The zero-order chi connectivity index (χ0) is 18.3. The van der Waals surface area contributed by atoms with Gasteiger partial charge in [0.1, 0.15) is 23.2 Å². The van der Waals surface area contributed by atoms with Gasteiger partial charge in [-0.2, -0.15) is 0 Å². The third kappa shape index (κ3) is 2.80. The summed E-state index contributed by atoms with van der Waals surface area (Å²) in [5, 5.41) is 8.53. The molecule has 1 atom stereocenters. The Morgan fingerprint density at radius 3 is 2.69 bits per heavy atom. The molecule has 4 aromatic heterocycles. The van der Waals surface area contributed by atoms with Gasteiger partial charge in [-0.05, 0) is 25.1 Å². The monoisotopic (exact) mass is 368 g/mol. The molecule has 0 aromatic carbocycles. The van der Waals surface area contributed by atoms with Crippen LogP contribution in [-0.4, -0.2) is 28.9 Å². The summed E-state index contributed by atoms with van der Waals surface area (Å²) in [5.41, 5.74) is 0.934. The maximum atomic E-state index is 12.2. The lowest BCUT2D eigenvalue weighted by Crippen LogP contribution is -2.26. The molecule has 0 N–H and O–H groups in total. The summed E-state index contributed by atoms with van der Waals surface area (Å²) in [4.78, 5) is 28.7. The van der Waals surface area contributed by atoms with E-state index in [-0.39, 0.29) is 11.1 Å². The van der Waals surface area contributed by atoms with E-state index < -0.39 is 6.17 Å². The summed E-state index contributed by atoms with van der Waals surface area (Å²) in [6.45, 7) is 1.80. The van der Waals surface area contributed by atoms with Gasteiger partial charge in [0.25, 0.3) is 11.1 Å². The van der Waals surface area contributed by atoms with Crippen LogP contribution in [0.15, 0.2) is 64.6 Å². The maximum Gasteiger partial charge on any atom is 0.258 e. The van der Waals surface area contributed by atoms with Crippen LogP contribution in [0.4, 0.5) is 0 Å². The fraction of sp³-hybridized carbons (Fsp3) is 0.118. The Balaban J connectivity index is 1.74. The molecule has 0 bridgehead atoms. The second-order valence-corrected chi connectivity index (χ2v) is 6.15. The Morgan fingerprint density at radius 2 is 1.88 bits per heavy atom. The van der Waals surface area contributed by atoms with Gasteiger partial charge in [-0.25, -0.2) is 9.67 Å². The Kier molecular flexibility index (Phi) is 3.89. The van der Waals surface area contributed by atoms with Crippen LogP contribution in [0.25, 0.3) is 17.0 Å². The van der Waals surface area contributed by atoms with Crippen molar-refractivity contribution >= 4 is 17.2 Å². The lowest BCUT2D eigenvalue weighted by Gasteiger charge is -2.14. The topological polar surface area (TPSA) is 87.1 Å². The Morgan fingerprint density at radius 1 is 1.04 bits per heavy atom. The molecule has 4 aromatic rings. The van der Waals surface area contributed by atoms with E-state index in [0.29, 0.717) is 22.1 Å². The summed E-state index contributed by atoms with van der Waals surface area (Å²) < 4.78 is 4.45. The van der Waals surface area contributed by atoms with E-state index in [1.54, 1.807) is 49.8 Å². The van der Waals surface area contributed by atoms with Gasteiger partial charge < -0.3 is 0 Å². The average molecular weight is 369 g/mol. The van der Waals surface area contributed by atoms with Crippen molar-refractivity contribution in [3.63, 3.8) is 0 Å². The van der Waals surface area contributed by atoms with Gasteiger partial charge >= 0.3 is 0 Å². The first-order valence-electron chi connectivity index (χ1n) is 7.81. The van der Waals surface area contributed by atoms with Crippen LogP contribution in [0.1, 0.15) is 13.1 Å². The van der Waals surface area contributed by atoms with E-state index in [1.807, 2.05) is 0 Å². The Bertz CT molecular complexity index is 1230. The number of rotatable bonds is 3. The molecule has 0 radical (unpaired) electrons. The van der Waals surface area contributed by atoms with Crippen LogP contribution in [0, 0.1) is 0 Å². The first kappa shape index (κ1) is 16.2. The SMILES string of the molecule is CC(n1cc(-c2cc(=O)n3ccccc3n2)nn1)n1ccc(Cl)cc1=O. The summed E-state index contributed by atoms with van der Waals surface area (Å²) in [6, 6.07) is 9.67. The summed E-state index contributed by atoms with van der Waals surface area (Å²) in [7, 11) is 0. The maximum absolute atomic E-state index is 12.2. The number of pyridine rings is 2. The van der Waals surface area contributed by atoms with Crippen LogP contribution in [0.5, 0.6) is 0 Å². The largest absolute Gasteiger partial charge is 0.293 e. The number of hydrogen-bond acceptors (Lipinski definition) is 5. The molecule has 0 aliphatic carbocycles. The molecule has 4 rings (SSSR count). The predicted octanol–water partition coefficient (Wildman–Crippen LogP) is 1.83. The molecule has 4 heterocycles. The molecule has 0 aliphatic heterocycles. The highest BCUT2D eigenvalue weighted by Crippen LogP contribution is 2.15. The van der Waals surface area contributed by atoms with E-state index in [0.717, 1.165) is 0 Å². The number of halogens is 1. The normalized spacial score (nSPS) is 12.4. The van der Waals surface area contributed by atoms with Crippen LogP contribution >= 0.6 is 11.6 Å². The zero-order valence-electron chi connectivity index (χ0n) is 13.7. The fourth-order valence-electron chi connectivity index (χ4n) is 2.66. The summed E-state index contributed by atoms with van der Waals surface area (Å²) in [5.74, 6) is 0. The van der Waals surface area contributed by atoms with Crippen molar-refractivity contribution < 1.29 is 0 Å². The van der Waals surface area contributed by atoms with Crippen molar-refractivity contribution in [1.82, 2.24) is 28.9 Å². The van der Waals surface area contributed by atoms with Gasteiger partial charge in [0, 0.05) is 29.5 Å². The standard InChI is InChI=1S/C17H13ClN6O2/c1-11(22-7-5-12(18)8-16(22)25)24-10-14(20-21-24)13-9-17(26)23-6-3-2-4-15(23)19-13/h2-11H,1H3. The molecule has 0 saturated carbocycles. The highest BCUT2D eigenvalue weighted by Gasteiger charge is 2.14. The van der Waals surface area contributed by atoms with Crippen LogP contribution < -0.4 is 11.1 Å². The minimum absolute atomic E-state index is 0.206. The molecule has 0 amide bonds. The second kappa shape index (κ2) is 6.23. The van der Waals surface area contributed by atoms with Gasteiger partial charge in [0.05, 0.1) is 6.20 Å². The number of nitrogens with zero attached hydrogens (tertiary/aromatic N) is 6. The van der Waals surface area contributed by atoms with Crippen molar-refractivity contribution in [3.05, 3.63) is 80.7 Å². The van der Waals surface area contributed by atoms with E-state index in [2.05, 4.69) is 15.3 Å². The highest BCUT2D eigenvalue weighted by molar-refractivity contribution is 6.30. The number of hydrogen-bond donors (Lipinski definition) is 0. The van der Waals surface area contributed by atoms with E-state index in [9.17, 15) is 9.59 Å². The predicted molar refractivity (Wildman–Crippen MR) is 96.3 cm³/mol. The van der Waals surface area contributed by atoms with Crippen molar-refractivity contribution in [3.8, 4) is 11.4 Å². The zero-order valence-corrected chi connectivity index (χ0v) is 14.4. The van der Waals surface area contributed by atoms with Gasteiger partial charge in [-0.1, -0.05) is 22.9 Å². The molecule has 0 fully saturated rings. The molecule has 8 nitrogen and oxygen atoms in total. The minimum atomic E-state index is -0.414. The van der Waals surface area contributed by atoms with Crippen molar-refractivity contribution in [2.45, 2.75) is 13.1 Å². The fourth-order valence-corrected chi connectivity index (χ4v) is 2.81. The van der Waals surface area contributed by atoms with E-state index in [1.165, 1.54) is 25.8 Å². The molecule has 0 aliphatic rings. The quantitative estimate of drug-likeness (QED) is 0.550. The minimum Gasteiger partial charge on any atom is -0.293 e. The van der Waals surface area contributed by atoms with Crippen LogP contribution in [-0.2, 0) is 0 Å². The van der Waals surface area contributed by atoms with Gasteiger partial charge in [0.15, 0.2) is 0 Å². The van der Waals surface area contributed by atoms with Crippen molar-refractivity contribution in [1.29, 1.82) is 0 Å². The first-order valence-corrected chi connectivity index (χ1v) is 8.19. The van der Waals surface area contributed by atoms with Crippen LogP contribution in [0.3, 0.4) is 0 Å². The van der Waals surface area contributed by atoms with Gasteiger partial charge in [0.2, 0.25) is 0 Å². The van der Waals surface area contributed by atoms with Crippen LogP contribution in [0.2, 0.25) is 5.02 Å². The van der Waals surface area contributed by atoms with E-state index in [4.69, 9.17) is 11.6 Å². The lowest BCUT2D eigenvalue weighted by atomic mass is 10.3. The van der Waals surface area contributed by atoms with Gasteiger partial charge in [-0.3, -0.25) is 18.6 Å². The molecule has 26 heavy (non-hydrogen) atoms. The van der Waals surface area contributed by atoms with Gasteiger partial charge in [-0.15, -0.1) is 5.10 Å². The molecule has 9 heteroatoms. The number of aromatic nitrogens is 6. The molecule has 0 spiro atoms. The molecule has 130 valence electrons. The number of fused-ring (bicyclic) bond motifs is 1.